The van der Waals surface area contributed by atoms with Gasteiger partial charge in [-0.2, -0.15) is 0 Å². The van der Waals surface area contributed by atoms with Gasteiger partial charge in [0.1, 0.15) is 5.75 Å². The summed E-state index contributed by atoms with van der Waals surface area (Å²) >= 11 is 11.8. The average molecular weight is 380 g/mol. The highest BCUT2D eigenvalue weighted by atomic mass is 35.5. The van der Waals surface area contributed by atoms with E-state index in [-0.39, 0.29) is 18.3 Å². The summed E-state index contributed by atoms with van der Waals surface area (Å²) in [5.41, 5.74) is 1.64. The lowest BCUT2D eigenvalue weighted by molar-refractivity contribution is -0.133. The second-order valence-corrected chi connectivity index (χ2v) is 6.62. The van der Waals surface area contributed by atoms with E-state index in [1.807, 2.05) is 19.1 Å². The van der Waals surface area contributed by atoms with Gasteiger partial charge in [0.05, 0.1) is 11.1 Å². The predicted octanol–water partition coefficient (Wildman–Crippen LogP) is 4.41. The van der Waals surface area contributed by atoms with E-state index in [0.29, 0.717) is 21.4 Å². The number of hydrogen-bond donors (Lipinski definition) is 0. The van der Waals surface area contributed by atoms with E-state index >= 15 is 0 Å². The number of nitrogens with zero attached hydrogens (tertiary/aromatic N) is 1. The van der Waals surface area contributed by atoms with Crippen molar-refractivity contribution in [1.29, 1.82) is 0 Å². The van der Waals surface area contributed by atoms with Crippen LogP contribution >= 0.6 is 23.2 Å². The lowest BCUT2D eigenvalue weighted by Crippen LogP contribution is -2.42. The quantitative estimate of drug-likeness (QED) is 0.698. The molecule has 6 heteroatoms. The standard InChI is InChI=1S/C19H19Cl2NO3/c1-12-4-6-14(7-5-12)19(24)13(2)22(3)18(23)11-25-17-9-8-15(20)10-16(17)21/h4-10,13H,11H2,1-3H3. The number of benzene rings is 2. The maximum atomic E-state index is 12.5. The Morgan fingerprint density at radius 1 is 1.12 bits per heavy atom. The summed E-state index contributed by atoms with van der Waals surface area (Å²) in [7, 11) is 1.58. The van der Waals surface area contributed by atoms with Gasteiger partial charge in [-0.3, -0.25) is 9.59 Å². The molecule has 4 nitrogen and oxygen atoms in total. The molecule has 0 saturated heterocycles. The molecule has 0 aliphatic carbocycles. The normalized spacial score (nSPS) is 11.7. The Balaban J connectivity index is 1.98. The Morgan fingerprint density at radius 2 is 1.76 bits per heavy atom. The van der Waals surface area contributed by atoms with Crippen molar-refractivity contribution < 1.29 is 14.3 Å². The lowest BCUT2D eigenvalue weighted by Gasteiger charge is -2.24. The number of carbonyl (C=O) groups is 2. The van der Waals surface area contributed by atoms with Crippen molar-refractivity contribution in [2.24, 2.45) is 0 Å². The van der Waals surface area contributed by atoms with Crippen molar-refractivity contribution in [3.05, 3.63) is 63.6 Å². The molecular formula is C19H19Cl2NO3. The van der Waals surface area contributed by atoms with Crippen LogP contribution < -0.4 is 4.74 Å². The smallest absolute Gasteiger partial charge is 0.260 e. The zero-order valence-electron chi connectivity index (χ0n) is 14.3. The molecule has 0 aromatic heterocycles. The molecule has 1 unspecified atom stereocenters. The maximum absolute atomic E-state index is 12.5. The van der Waals surface area contributed by atoms with Gasteiger partial charge < -0.3 is 9.64 Å². The number of ether oxygens (including phenoxy) is 1. The van der Waals surface area contributed by atoms with Gasteiger partial charge >= 0.3 is 0 Å². The third-order valence-electron chi connectivity index (χ3n) is 3.93. The second kappa shape index (κ2) is 8.37. The van der Waals surface area contributed by atoms with E-state index in [1.54, 1.807) is 38.2 Å². The number of rotatable bonds is 6. The minimum Gasteiger partial charge on any atom is -0.482 e. The third-order valence-corrected chi connectivity index (χ3v) is 4.47. The largest absolute Gasteiger partial charge is 0.482 e. The zero-order chi connectivity index (χ0) is 18.6. The van der Waals surface area contributed by atoms with Crippen molar-refractivity contribution in [2.45, 2.75) is 19.9 Å². The molecule has 1 atom stereocenters. The molecule has 0 aliphatic heterocycles. The van der Waals surface area contributed by atoms with E-state index < -0.39 is 6.04 Å². The molecule has 1 amide bonds. The first-order valence-corrected chi connectivity index (χ1v) is 8.49. The van der Waals surface area contributed by atoms with Crippen LogP contribution in [-0.4, -0.2) is 36.3 Å². The fourth-order valence-corrected chi connectivity index (χ4v) is 2.65. The second-order valence-electron chi connectivity index (χ2n) is 5.77. The summed E-state index contributed by atoms with van der Waals surface area (Å²) in [4.78, 5) is 26.2. The van der Waals surface area contributed by atoms with Crippen LogP contribution in [0.5, 0.6) is 5.75 Å². The highest BCUT2D eigenvalue weighted by Crippen LogP contribution is 2.27. The minimum absolute atomic E-state index is 0.125. The first-order chi connectivity index (χ1) is 11.8. The molecule has 25 heavy (non-hydrogen) atoms. The first-order valence-electron chi connectivity index (χ1n) is 7.74. The topological polar surface area (TPSA) is 46.6 Å². The van der Waals surface area contributed by atoms with Gasteiger partial charge in [0.15, 0.2) is 12.4 Å². The van der Waals surface area contributed by atoms with Crippen LogP contribution in [0.2, 0.25) is 10.0 Å². The first kappa shape index (κ1) is 19.3. The van der Waals surface area contributed by atoms with Crippen molar-refractivity contribution in [3.8, 4) is 5.75 Å². The molecular weight excluding hydrogens is 361 g/mol. The number of hydrogen-bond acceptors (Lipinski definition) is 3. The van der Waals surface area contributed by atoms with E-state index in [2.05, 4.69) is 0 Å². The molecule has 2 aromatic carbocycles. The summed E-state index contributed by atoms with van der Waals surface area (Å²) in [6.45, 7) is 3.42. The number of Topliss-reactive ketones (excluding diaryl/α,β-unsaturated/α-hetero) is 1. The van der Waals surface area contributed by atoms with E-state index in [0.717, 1.165) is 5.56 Å². The van der Waals surface area contributed by atoms with Crippen LogP contribution in [0.15, 0.2) is 42.5 Å². The predicted molar refractivity (Wildman–Crippen MR) is 99.7 cm³/mol. The highest BCUT2D eigenvalue weighted by molar-refractivity contribution is 6.35. The molecule has 0 spiro atoms. The Kier molecular flexibility index (Phi) is 6.45. The Hall–Kier alpha value is -2.04. The molecule has 2 rings (SSSR count). The molecule has 0 N–H and O–H groups in total. The number of ketones is 1. The van der Waals surface area contributed by atoms with Gasteiger partial charge in [-0.05, 0) is 32.0 Å². The fraction of sp³-hybridized carbons (Fsp3) is 0.263. The van der Waals surface area contributed by atoms with Crippen molar-refractivity contribution in [3.63, 3.8) is 0 Å². The van der Waals surface area contributed by atoms with Gasteiger partial charge in [-0.15, -0.1) is 0 Å². The van der Waals surface area contributed by atoms with Crippen molar-refractivity contribution in [1.82, 2.24) is 4.90 Å². The summed E-state index contributed by atoms with van der Waals surface area (Å²) < 4.78 is 5.43. The van der Waals surface area contributed by atoms with Crippen LogP contribution in [0, 0.1) is 6.92 Å². The number of halogens is 2. The van der Waals surface area contributed by atoms with Crippen LogP contribution in [-0.2, 0) is 4.79 Å². The summed E-state index contributed by atoms with van der Waals surface area (Å²) in [6.07, 6.45) is 0. The molecule has 0 radical (unpaired) electrons. The van der Waals surface area contributed by atoms with Crippen LogP contribution in [0.25, 0.3) is 0 Å². The van der Waals surface area contributed by atoms with E-state index in [1.165, 1.54) is 11.0 Å². The molecule has 0 bridgehead atoms. The van der Waals surface area contributed by atoms with Crippen LogP contribution in [0.3, 0.4) is 0 Å². The molecule has 132 valence electrons. The third kappa shape index (κ3) is 4.97. The number of aryl methyl sites for hydroxylation is 1. The monoisotopic (exact) mass is 379 g/mol. The molecule has 0 heterocycles. The Bertz CT molecular complexity index is 775. The van der Waals surface area contributed by atoms with Gasteiger partial charge in [-0.1, -0.05) is 53.0 Å². The summed E-state index contributed by atoms with van der Waals surface area (Å²) in [6, 6.07) is 11.4. The van der Waals surface area contributed by atoms with Gasteiger partial charge in [0.25, 0.3) is 5.91 Å². The molecule has 0 saturated carbocycles. The molecule has 2 aromatic rings. The maximum Gasteiger partial charge on any atom is 0.260 e. The van der Waals surface area contributed by atoms with Crippen LogP contribution in [0.1, 0.15) is 22.8 Å². The number of amides is 1. The van der Waals surface area contributed by atoms with E-state index in [9.17, 15) is 9.59 Å². The van der Waals surface area contributed by atoms with E-state index in [4.69, 9.17) is 27.9 Å². The van der Waals surface area contributed by atoms with Gasteiger partial charge in [0.2, 0.25) is 0 Å². The summed E-state index contributed by atoms with van der Waals surface area (Å²) in [5.74, 6) is -0.0790. The zero-order valence-corrected chi connectivity index (χ0v) is 15.8. The average Bonchev–Trinajstić information content (AvgIpc) is 2.59. The Morgan fingerprint density at radius 3 is 2.36 bits per heavy atom. The van der Waals surface area contributed by atoms with Crippen LogP contribution in [0.4, 0.5) is 0 Å². The fourth-order valence-electron chi connectivity index (χ4n) is 2.18. The van der Waals surface area contributed by atoms with Crippen molar-refractivity contribution in [2.75, 3.05) is 13.7 Å². The SMILES string of the molecule is Cc1ccc(C(=O)C(C)N(C)C(=O)COc2ccc(Cl)cc2Cl)cc1. The van der Waals surface area contributed by atoms with Gasteiger partial charge in [0, 0.05) is 17.6 Å². The molecule has 0 fully saturated rings. The molecule has 0 aliphatic rings. The van der Waals surface area contributed by atoms with Crippen molar-refractivity contribution >= 4 is 34.9 Å². The summed E-state index contributed by atoms with van der Waals surface area (Å²) in [5, 5.41) is 0.810. The number of likely N-dealkylation sites (N-methyl/N-ethyl adjacent to an activating group) is 1. The number of carbonyl (C=O) groups excluding carboxylic acids is 2. The Labute approximate surface area is 157 Å². The highest BCUT2D eigenvalue weighted by Gasteiger charge is 2.24. The lowest BCUT2D eigenvalue weighted by atomic mass is 10.0. The minimum atomic E-state index is -0.598. The van der Waals surface area contributed by atoms with Gasteiger partial charge in [-0.25, -0.2) is 0 Å².